The van der Waals surface area contributed by atoms with Crippen LogP contribution >= 0.6 is 35.3 Å². The molecule has 1 aromatic heterocycles. The zero-order valence-electron chi connectivity index (χ0n) is 17.5. The van der Waals surface area contributed by atoms with Crippen LogP contribution in [0.2, 0.25) is 0 Å². The number of nitrogens with one attached hydrogen (secondary N) is 2. The molecular formula is C21H32IN5OS. The minimum absolute atomic E-state index is 0. The van der Waals surface area contributed by atoms with Gasteiger partial charge in [0.2, 0.25) is 0 Å². The highest BCUT2D eigenvalue weighted by Gasteiger charge is 2.21. The lowest BCUT2D eigenvalue weighted by Crippen LogP contribution is -2.51. The Hall–Kier alpha value is -1.55. The number of aromatic nitrogens is 1. The first-order valence-corrected chi connectivity index (χ1v) is 10.8. The normalized spacial score (nSPS) is 16.9. The molecule has 1 aromatic carbocycles. The lowest BCUT2D eigenvalue weighted by molar-refractivity contribution is 0.414. The Balaban J connectivity index is 0.00000300. The summed E-state index contributed by atoms with van der Waals surface area (Å²) in [5, 5.41) is 8.20. The molecule has 1 fully saturated rings. The Morgan fingerprint density at radius 2 is 2.28 bits per heavy atom. The molecule has 1 saturated heterocycles. The molecule has 29 heavy (non-hydrogen) atoms. The molecule has 8 heteroatoms. The monoisotopic (exact) mass is 529 g/mol. The highest BCUT2D eigenvalue weighted by molar-refractivity contribution is 14.0. The van der Waals surface area contributed by atoms with Crippen molar-refractivity contribution in [2.45, 2.75) is 38.6 Å². The average Bonchev–Trinajstić information content (AvgIpc) is 3.21. The molecule has 3 rings (SSSR count). The number of benzene rings is 1. The fourth-order valence-corrected chi connectivity index (χ4v) is 4.30. The van der Waals surface area contributed by atoms with E-state index in [4.69, 9.17) is 4.74 Å². The number of nitrogens with zero attached hydrogens (tertiary/aromatic N) is 3. The van der Waals surface area contributed by atoms with Gasteiger partial charge in [0.1, 0.15) is 5.75 Å². The summed E-state index contributed by atoms with van der Waals surface area (Å²) >= 11 is 1.80. The average molecular weight is 529 g/mol. The maximum absolute atomic E-state index is 5.37. The van der Waals surface area contributed by atoms with Crippen molar-refractivity contribution in [1.29, 1.82) is 0 Å². The molecule has 1 aliphatic heterocycles. The SMILES string of the molecule is CCc1cnc(CCNC(=NC)NC2CCCN(c3cccc(OC)c3)C2)s1.I. The summed E-state index contributed by atoms with van der Waals surface area (Å²) in [7, 11) is 3.54. The summed E-state index contributed by atoms with van der Waals surface area (Å²) in [5.74, 6) is 1.77. The van der Waals surface area contributed by atoms with Crippen LogP contribution in [0.25, 0.3) is 0 Å². The van der Waals surface area contributed by atoms with Gasteiger partial charge in [0.05, 0.1) is 12.1 Å². The smallest absolute Gasteiger partial charge is 0.191 e. The molecule has 0 spiro atoms. The van der Waals surface area contributed by atoms with Crippen molar-refractivity contribution < 1.29 is 4.74 Å². The second kappa shape index (κ2) is 12.2. The highest BCUT2D eigenvalue weighted by Crippen LogP contribution is 2.24. The summed E-state index contributed by atoms with van der Waals surface area (Å²) in [4.78, 5) is 12.6. The lowest BCUT2D eigenvalue weighted by atomic mass is 10.0. The van der Waals surface area contributed by atoms with Crippen LogP contribution in [0.5, 0.6) is 5.75 Å². The first-order valence-electron chi connectivity index (χ1n) is 10.0. The molecule has 160 valence electrons. The van der Waals surface area contributed by atoms with Gasteiger partial charge in [0.15, 0.2) is 5.96 Å². The molecule has 1 unspecified atom stereocenters. The van der Waals surface area contributed by atoms with E-state index in [0.717, 1.165) is 57.0 Å². The quantitative estimate of drug-likeness (QED) is 0.326. The summed E-state index contributed by atoms with van der Waals surface area (Å²) in [5.41, 5.74) is 1.21. The van der Waals surface area contributed by atoms with E-state index in [1.807, 2.05) is 25.4 Å². The van der Waals surface area contributed by atoms with Crippen LogP contribution in [0.15, 0.2) is 35.5 Å². The van der Waals surface area contributed by atoms with Crippen molar-refractivity contribution in [3.8, 4) is 5.75 Å². The van der Waals surface area contributed by atoms with Gasteiger partial charge >= 0.3 is 0 Å². The van der Waals surface area contributed by atoms with Crippen LogP contribution in [-0.4, -0.2) is 50.8 Å². The fourth-order valence-electron chi connectivity index (χ4n) is 3.44. The number of aryl methyl sites for hydroxylation is 1. The molecule has 0 saturated carbocycles. The summed E-state index contributed by atoms with van der Waals surface area (Å²) in [6.07, 6.45) is 6.27. The Bertz CT molecular complexity index is 782. The molecule has 1 aliphatic rings. The van der Waals surface area contributed by atoms with Crippen molar-refractivity contribution in [3.05, 3.63) is 40.3 Å². The molecule has 1 atom stereocenters. The van der Waals surface area contributed by atoms with Gasteiger partial charge in [-0.3, -0.25) is 4.99 Å². The number of piperidine rings is 1. The van der Waals surface area contributed by atoms with Gasteiger partial charge in [-0.05, 0) is 31.4 Å². The minimum Gasteiger partial charge on any atom is -0.497 e. The molecule has 6 nitrogen and oxygen atoms in total. The van der Waals surface area contributed by atoms with E-state index in [9.17, 15) is 0 Å². The van der Waals surface area contributed by atoms with Crippen molar-refractivity contribution in [1.82, 2.24) is 15.6 Å². The zero-order valence-corrected chi connectivity index (χ0v) is 20.6. The second-order valence-electron chi connectivity index (χ2n) is 6.95. The number of aliphatic imine (C=N–C) groups is 1. The Kier molecular flexibility index (Phi) is 9.99. The fraction of sp³-hybridized carbons (Fsp3) is 0.524. The number of hydrogen-bond donors (Lipinski definition) is 2. The summed E-state index contributed by atoms with van der Waals surface area (Å²) < 4.78 is 5.37. The van der Waals surface area contributed by atoms with Crippen LogP contribution in [0, 0.1) is 0 Å². The predicted molar refractivity (Wildman–Crippen MR) is 133 cm³/mol. The zero-order chi connectivity index (χ0) is 19.8. The van der Waals surface area contributed by atoms with Gasteiger partial charge < -0.3 is 20.3 Å². The summed E-state index contributed by atoms with van der Waals surface area (Å²) in [6, 6.07) is 8.66. The van der Waals surface area contributed by atoms with Gasteiger partial charge in [0, 0.05) is 62.0 Å². The number of halogens is 1. The Labute approximate surface area is 195 Å². The Morgan fingerprint density at radius 3 is 3.00 bits per heavy atom. The molecule has 0 bridgehead atoms. The highest BCUT2D eigenvalue weighted by atomic mass is 127. The molecule has 2 aromatic rings. The number of methoxy groups -OCH3 is 1. The number of anilines is 1. The van der Waals surface area contributed by atoms with Gasteiger partial charge in [-0.2, -0.15) is 0 Å². The number of ether oxygens (including phenoxy) is 1. The van der Waals surface area contributed by atoms with Gasteiger partial charge in [0.25, 0.3) is 0 Å². The van der Waals surface area contributed by atoms with Gasteiger partial charge in [-0.25, -0.2) is 4.98 Å². The first kappa shape index (κ1) is 23.7. The number of thiazole rings is 1. The van der Waals surface area contributed by atoms with Crippen molar-refractivity contribution in [2.24, 2.45) is 4.99 Å². The molecular weight excluding hydrogens is 497 g/mol. The van der Waals surface area contributed by atoms with Crippen LogP contribution in [-0.2, 0) is 12.8 Å². The van der Waals surface area contributed by atoms with E-state index in [1.165, 1.54) is 15.6 Å². The number of guanidine groups is 1. The third-order valence-corrected chi connectivity index (χ3v) is 6.19. The third-order valence-electron chi connectivity index (χ3n) is 4.99. The van der Waals surface area contributed by atoms with Crippen molar-refractivity contribution in [3.63, 3.8) is 0 Å². The van der Waals surface area contributed by atoms with Gasteiger partial charge in [-0.1, -0.05) is 13.0 Å². The molecule has 0 amide bonds. The van der Waals surface area contributed by atoms with Crippen molar-refractivity contribution >= 4 is 47.0 Å². The minimum atomic E-state index is 0. The van der Waals surface area contributed by atoms with E-state index in [-0.39, 0.29) is 24.0 Å². The standard InChI is InChI=1S/C21H31N5OS.HI/c1-4-19-14-24-20(28-19)10-11-23-21(22-2)25-16-7-6-12-26(15-16)17-8-5-9-18(13-17)27-3;/h5,8-9,13-14,16H,4,6-7,10-12,15H2,1-3H3,(H2,22,23,25);1H. The topological polar surface area (TPSA) is 61.8 Å². The molecule has 2 N–H and O–H groups in total. The number of hydrogen-bond acceptors (Lipinski definition) is 5. The van der Waals surface area contributed by atoms with Crippen LogP contribution in [0.3, 0.4) is 0 Å². The maximum atomic E-state index is 5.37. The number of rotatable bonds is 7. The van der Waals surface area contributed by atoms with Crippen LogP contribution in [0.1, 0.15) is 29.7 Å². The Morgan fingerprint density at radius 1 is 1.41 bits per heavy atom. The summed E-state index contributed by atoms with van der Waals surface area (Å²) in [6.45, 7) is 5.03. The van der Waals surface area contributed by atoms with Crippen LogP contribution in [0.4, 0.5) is 5.69 Å². The third kappa shape index (κ3) is 7.02. The molecule has 0 aliphatic carbocycles. The van der Waals surface area contributed by atoms with Crippen molar-refractivity contribution in [2.75, 3.05) is 38.7 Å². The van der Waals surface area contributed by atoms with E-state index >= 15 is 0 Å². The van der Waals surface area contributed by atoms with Crippen LogP contribution < -0.4 is 20.3 Å². The first-order chi connectivity index (χ1) is 13.7. The van der Waals surface area contributed by atoms with E-state index in [2.05, 4.69) is 44.6 Å². The largest absolute Gasteiger partial charge is 0.497 e. The molecule has 0 radical (unpaired) electrons. The van der Waals surface area contributed by atoms with Gasteiger partial charge in [-0.15, -0.1) is 35.3 Å². The second-order valence-corrected chi connectivity index (χ2v) is 8.15. The van der Waals surface area contributed by atoms with E-state index in [1.54, 1.807) is 18.4 Å². The van der Waals surface area contributed by atoms with E-state index < -0.39 is 0 Å². The lowest BCUT2D eigenvalue weighted by Gasteiger charge is -2.35. The predicted octanol–water partition coefficient (Wildman–Crippen LogP) is 3.71. The van der Waals surface area contributed by atoms with E-state index in [0.29, 0.717) is 6.04 Å². The maximum Gasteiger partial charge on any atom is 0.191 e. The molecule has 2 heterocycles.